The quantitative estimate of drug-likeness (QED) is 0.149. The van der Waals surface area contributed by atoms with Gasteiger partial charge < -0.3 is 4.90 Å². The molecular weight excluding hydrogens is 777 g/mol. The zero-order chi connectivity index (χ0) is 40.3. The highest BCUT2D eigenvalue weighted by atomic mass is 32.1. The van der Waals surface area contributed by atoms with E-state index in [1.807, 2.05) is 11.3 Å². The van der Waals surface area contributed by atoms with Crippen molar-refractivity contribution in [3.05, 3.63) is 218 Å². The highest BCUT2D eigenvalue weighted by Crippen LogP contribution is 2.46. The molecule has 2 nitrogen and oxygen atoms in total. The smallest absolute Gasteiger partial charge is 0.124 e. The number of nitrogens with zero attached hydrogens (tertiary/aromatic N) is 2. The topological polar surface area (TPSA) is 16.1 Å². The number of fused-ring (bicyclic) bond motifs is 8. The van der Waals surface area contributed by atoms with E-state index >= 15 is 0 Å². The molecule has 0 aliphatic heterocycles. The molecule has 0 bridgehead atoms. The monoisotopic (exact) mass is 812 g/mol. The number of thiophene rings is 1. The molecule has 0 spiro atoms. The van der Waals surface area contributed by atoms with E-state index in [4.69, 9.17) is 4.98 Å². The third kappa shape index (κ3) is 6.27. The Bertz CT molecular complexity index is 3510. The average molecular weight is 813 g/mol. The molecule has 61 heavy (non-hydrogen) atoms. The molecule has 0 unspecified atom stereocenters. The fourth-order valence-electron chi connectivity index (χ4n) is 8.91. The normalized spacial score (nSPS) is 11.6. The van der Waals surface area contributed by atoms with Gasteiger partial charge in [0.25, 0.3) is 0 Å². The standard InChI is InChI=1S/C57H36N2S2/c1-4-14-37(15-5-1)43-32-44(38-16-6-2-7-17-38)34-46(33-43)59(52-35-42-20-10-11-21-47(42)48-22-12-13-23-49(48)52)45-27-24-39(25-28-45)41-26-29-50-54(36-41)60-53-31-30-51-56(55(50)53)61-57(58-51)40-18-8-3-9-19-40/h1-36H. The summed E-state index contributed by atoms with van der Waals surface area (Å²) in [7, 11) is 0. The second kappa shape index (κ2) is 14.7. The molecule has 0 N–H and O–H groups in total. The van der Waals surface area contributed by atoms with Gasteiger partial charge in [0, 0.05) is 42.5 Å². The fraction of sp³-hybridized carbons (Fsp3) is 0. The summed E-state index contributed by atoms with van der Waals surface area (Å²) >= 11 is 3.66. The third-order valence-electron chi connectivity index (χ3n) is 11.8. The van der Waals surface area contributed by atoms with Crippen LogP contribution in [0.5, 0.6) is 0 Å². The molecule has 0 atom stereocenters. The minimum absolute atomic E-state index is 1.06. The molecule has 0 radical (unpaired) electrons. The Morgan fingerprint density at radius 2 is 0.934 bits per heavy atom. The van der Waals surface area contributed by atoms with Crippen molar-refractivity contribution in [2.24, 2.45) is 0 Å². The number of thiazole rings is 1. The minimum atomic E-state index is 1.06. The lowest BCUT2D eigenvalue weighted by Gasteiger charge is -2.29. The van der Waals surface area contributed by atoms with Gasteiger partial charge in [-0.1, -0.05) is 164 Å². The summed E-state index contributed by atoms with van der Waals surface area (Å²) in [5, 5.41) is 8.57. The molecule has 0 amide bonds. The van der Waals surface area contributed by atoms with E-state index in [0.717, 1.165) is 33.1 Å². The van der Waals surface area contributed by atoms with Gasteiger partial charge in [-0.25, -0.2) is 4.98 Å². The first kappa shape index (κ1) is 35.6. The van der Waals surface area contributed by atoms with Gasteiger partial charge in [0.15, 0.2) is 0 Å². The van der Waals surface area contributed by atoms with Crippen molar-refractivity contribution in [3.8, 4) is 44.0 Å². The van der Waals surface area contributed by atoms with Gasteiger partial charge in [0.1, 0.15) is 5.01 Å². The van der Waals surface area contributed by atoms with E-state index in [2.05, 4.69) is 223 Å². The molecule has 10 aromatic carbocycles. The summed E-state index contributed by atoms with van der Waals surface area (Å²) in [6, 6.07) is 79.4. The Hall–Kier alpha value is -7.37. The number of hydrogen-bond donors (Lipinski definition) is 0. The van der Waals surface area contributed by atoms with Gasteiger partial charge in [-0.2, -0.15) is 0 Å². The van der Waals surface area contributed by atoms with Gasteiger partial charge >= 0.3 is 0 Å². The highest BCUT2D eigenvalue weighted by molar-refractivity contribution is 7.28. The van der Waals surface area contributed by atoms with Crippen molar-refractivity contribution in [1.82, 2.24) is 4.98 Å². The first-order chi connectivity index (χ1) is 30.2. The predicted molar refractivity (Wildman–Crippen MR) is 264 cm³/mol. The Balaban J connectivity index is 1.01. The summed E-state index contributed by atoms with van der Waals surface area (Å²) in [6.07, 6.45) is 0. The zero-order valence-electron chi connectivity index (χ0n) is 33.0. The Labute approximate surface area is 361 Å². The van der Waals surface area contributed by atoms with Crippen molar-refractivity contribution < 1.29 is 0 Å². The largest absolute Gasteiger partial charge is 0.310 e. The molecule has 0 aliphatic carbocycles. The molecule has 0 fully saturated rings. The second-order valence-electron chi connectivity index (χ2n) is 15.5. The molecule has 0 saturated heterocycles. The van der Waals surface area contributed by atoms with Gasteiger partial charge in [0.2, 0.25) is 0 Å². The number of hydrogen-bond acceptors (Lipinski definition) is 4. The van der Waals surface area contributed by atoms with Crippen LogP contribution in [0.3, 0.4) is 0 Å². The van der Waals surface area contributed by atoms with Crippen LogP contribution in [0.25, 0.3) is 95.9 Å². The van der Waals surface area contributed by atoms with E-state index in [0.29, 0.717) is 0 Å². The maximum Gasteiger partial charge on any atom is 0.124 e. The molecule has 0 saturated carbocycles. The van der Waals surface area contributed by atoms with Crippen molar-refractivity contribution in [2.75, 3.05) is 4.90 Å². The van der Waals surface area contributed by atoms with Crippen LogP contribution in [-0.2, 0) is 0 Å². The van der Waals surface area contributed by atoms with E-state index in [1.165, 1.54) is 79.8 Å². The van der Waals surface area contributed by atoms with E-state index in [-0.39, 0.29) is 0 Å². The van der Waals surface area contributed by atoms with Crippen molar-refractivity contribution in [1.29, 1.82) is 0 Å². The summed E-state index contributed by atoms with van der Waals surface area (Å²) in [6.45, 7) is 0. The van der Waals surface area contributed by atoms with Crippen LogP contribution in [0.15, 0.2) is 218 Å². The molecule has 4 heteroatoms. The van der Waals surface area contributed by atoms with E-state index in [9.17, 15) is 0 Å². The van der Waals surface area contributed by atoms with E-state index in [1.54, 1.807) is 11.3 Å². The SMILES string of the molecule is c1ccc(-c2cc(-c3ccccc3)cc(N(c3ccc(-c4ccc5c(c4)sc4ccc6nc(-c7ccccc7)sc6c45)cc3)c3cc4ccccc4c4ccccc34)c2)cc1. The first-order valence-electron chi connectivity index (χ1n) is 20.6. The van der Waals surface area contributed by atoms with Crippen LogP contribution in [0.4, 0.5) is 17.1 Å². The number of aromatic nitrogens is 1. The Morgan fingerprint density at radius 1 is 0.344 bits per heavy atom. The molecular formula is C57H36N2S2. The number of anilines is 3. The third-order valence-corrected chi connectivity index (χ3v) is 14.1. The Kier molecular flexibility index (Phi) is 8.58. The van der Waals surface area contributed by atoms with Gasteiger partial charge in [-0.05, 0) is 104 Å². The van der Waals surface area contributed by atoms with Gasteiger partial charge in [-0.3, -0.25) is 0 Å². The summed E-state index contributed by atoms with van der Waals surface area (Å²) in [4.78, 5) is 7.50. The number of benzene rings is 10. The lowest BCUT2D eigenvalue weighted by Crippen LogP contribution is -2.11. The van der Waals surface area contributed by atoms with Crippen LogP contribution < -0.4 is 4.90 Å². The first-order valence-corrected chi connectivity index (χ1v) is 22.2. The lowest BCUT2D eigenvalue weighted by molar-refractivity contribution is 1.30. The summed E-state index contributed by atoms with van der Waals surface area (Å²) in [5.41, 5.74) is 12.7. The highest BCUT2D eigenvalue weighted by Gasteiger charge is 2.20. The molecule has 12 aromatic rings. The molecule has 0 aliphatic rings. The summed E-state index contributed by atoms with van der Waals surface area (Å²) < 4.78 is 3.84. The van der Waals surface area contributed by atoms with Crippen LogP contribution in [0, 0.1) is 0 Å². The van der Waals surface area contributed by atoms with Crippen molar-refractivity contribution >= 4 is 91.7 Å². The van der Waals surface area contributed by atoms with Crippen LogP contribution in [0.2, 0.25) is 0 Å². The Morgan fingerprint density at radius 3 is 1.64 bits per heavy atom. The maximum absolute atomic E-state index is 5.04. The fourth-order valence-corrected chi connectivity index (χ4v) is 11.3. The zero-order valence-corrected chi connectivity index (χ0v) is 34.6. The van der Waals surface area contributed by atoms with Crippen LogP contribution in [0.1, 0.15) is 0 Å². The number of rotatable bonds is 7. The second-order valence-corrected chi connectivity index (χ2v) is 17.6. The average Bonchev–Trinajstić information content (AvgIpc) is 3.94. The molecule has 12 rings (SSSR count). The predicted octanol–water partition coefficient (Wildman–Crippen LogP) is 17.1. The van der Waals surface area contributed by atoms with Gasteiger partial charge in [0.05, 0.1) is 15.9 Å². The van der Waals surface area contributed by atoms with Crippen molar-refractivity contribution in [2.45, 2.75) is 0 Å². The van der Waals surface area contributed by atoms with Crippen LogP contribution >= 0.6 is 22.7 Å². The molecule has 286 valence electrons. The van der Waals surface area contributed by atoms with Crippen molar-refractivity contribution in [3.63, 3.8) is 0 Å². The van der Waals surface area contributed by atoms with Gasteiger partial charge in [-0.15, -0.1) is 22.7 Å². The van der Waals surface area contributed by atoms with Crippen LogP contribution in [-0.4, -0.2) is 4.98 Å². The van der Waals surface area contributed by atoms with E-state index < -0.39 is 0 Å². The maximum atomic E-state index is 5.04. The molecule has 2 heterocycles. The lowest BCUT2D eigenvalue weighted by atomic mass is 9.96. The molecule has 2 aromatic heterocycles. The minimum Gasteiger partial charge on any atom is -0.310 e. The summed E-state index contributed by atoms with van der Waals surface area (Å²) in [5.74, 6) is 0.